The summed E-state index contributed by atoms with van der Waals surface area (Å²) in [5.41, 5.74) is 7.45. The molecule has 116 valence electrons. The van der Waals surface area contributed by atoms with Gasteiger partial charge in [-0.05, 0) is 43.0 Å². The molecule has 0 bridgehead atoms. The Bertz CT molecular complexity index is 622. The molecule has 0 saturated carbocycles. The molecular formula is C16H21N5O. The minimum atomic E-state index is 0.0622. The van der Waals surface area contributed by atoms with Crippen LogP contribution in [-0.4, -0.2) is 44.7 Å². The van der Waals surface area contributed by atoms with Crippen LogP contribution in [0.4, 0.5) is 0 Å². The van der Waals surface area contributed by atoms with Crippen molar-refractivity contribution in [2.24, 2.45) is 11.7 Å². The molecule has 1 amide bonds. The lowest BCUT2D eigenvalue weighted by molar-refractivity contribution is 0.0532. The lowest BCUT2D eigenvalue weighted by atomic mass is 9.90. The molecular weight excluding hydrogens is 278 g/mol. The largest absolute Gasteiger partial charge is 0.334 e. The van der Waals surface area contributed by atoms with Crippen LogP contribution in [-0.2, 0) is 0 Å². The fourth-order valence-electron chi connectivity index (χ4n) is 3.12. The van der Waals surface area contributed by atoms with E-state index in [1.807, 2.05) is 29.2 Å². The first-order valence-corrected chi connectivity index (χ1v) is 7.67. The van der Waals surface area contributed by atoms with Crippen molar-refractivity contribution in [1.29, 1.82) is 0 Å². The van der Waals surface area contributed by atoms with E-state index in [9.17, 15) is 4.79 Å². The SMILES string of the molecule is C[C@@H]1CCCN(C(=O)c2ccc(-n3cncn3)cc2)[C@@H]1CN. The Morgan fingerprint density at radius 3 is 2.77 bits per heavy atom. The van der Waals surface area contributed by atoms with Crippen molar-refractivity contribution in [2.75, 3.05) is 13.1 Å². The molecule has 2 aromatic rings. The highest BCUT2D eigenvalue weighted by molar-refractivity contribution is 5.94. The van der Waals surface area contributed by atoms with Crippen LogP contribution in [0.2, 0.25) is 0 Å². The molecule has 1 fully saturated rings. The molecule has 6 heteroatoms. The lowest BCUT2D eigenvalue weighted by Gasteiger charge is -2.39. The fourth-order valence-corrected chi connectivity index (χ4v) is 3.12. The highest BCUT2D eigenvalue weighted by Gasteiger charge is 2.31. The number of carbonyl (C=O) groups is 1. The van der Waals surface area contributed by atoms with Crippen LogP contribution in [0.25, 0.3) is 5.69 Å². The summed E-state index contributed by atoms with van der Waals surface area (Å²) in [6.45, 7) is 3.48. The van der Waals surface area contributed by atoms with E-state index in [0.717, 1.165) is 25.1 Å². The second-order valence-corrected chi connectivity index (χ2v) is 5.81. The molecule has 2 heterocycles. The van der Waals surface area contributed by atoms with Crippen molar-refractivity contribution in [3.05, 3.63) is 42.5 Å². The van der Waals surface area contributed by atoms with Crippen molar-refractivity contribution in [1.82, 2.24) is 19.7 Å². The van der Waals surface area contributed by atoms with Gasteiger partial charge in [0.1, 0.15) is 12.7 Å². The van der Waals surface area contributed by atoms with Gasteiger partial charge in [-0.3, -0.25) is 4.79 Å². The maximum absolute atomic E-state index is 12.7. The molecule has 3 rings (SSSR count). The van der Waals surface area contributed by atoms with Crippen LogP contribution in [0.1, 0.15) is 30.1 Å². The molecule has 2 atom stereocenters. The Morgan fingerprint density at radius 1 is 1.36 bits per heavy atom. The van der Waals surface area contributed by atoms with E-state index in [1.165, 1.54) is 6.33 Å². The van der Waals surface area contributed by atoms with E-state index < -0.39 is 0 Å². The smallest absolute Gasteiger partial charge is 0.254 e. The number of hydrogen-bond donors (Lipinski definition) is 1. The zero-order valence-electron chi connectivity index (χ0n) is 12.7. The number of hydrogen-bond acceptors (Lipinski definition) is 4. The molecule has 0 aliphatic carbocycles. The molecule has 6 nitrogen and oxygen atoms in total. The number of benzene rings is 1. The van der Waals surface area contributed by atoms with Crippen LogP contribution in [0.15, 0.2) is 36.9 Å². The van der Waals surface area contributed by atoms with E-state index in [1.54, 1.807) is 11.0 Å². The van der Waals surface area contributed by atoms with E-state index >= 15 is 0 Å². The average Bonchev–Trinajstić information content (AvgIpc) is 3.08. The minimum absolute atomic E-state index is 0.0622. The normalized spacial score (nSPS) is 21.8. The van der Waals surface area contributed by atoms with Crippen LogP contribution in [0.3, 0.4) is 0 Å². The van der Waals surface area contributed by atoms with Gasteiger partial charge in [-0.25, -0.2) is 9.67 Å². The van der Waals surface area contributed by atoms with E-state index in [-0.39, 0.29) is 11.9 Å². The lowest BCUT2D eigenvalue weighted by Crippen LogP contribution is -2.51. The summed E-state index contributed by atoms with van der Waals surface area (Å²) in [6, 6.07) is 7.58. The topological polar surface area (TPSA) is 77.0 Å². The molecule has 0 spiro atoms. The molecule has 1 saturated heterocycles. The number of piperidine rings is 1. The molecule has 1 aromatic carbocycles. The monoisotopic (exact) mass is 299 g/mol. The molecule has 22 heavy (non-hydrogen) atoms. The number of rotatable bonds is 3. The average molecular weight is 299 g/mol. The highest BCUT2D eigenvalue weighted by atomic mass is 16.2. The maximum atomic E-state index is 12.7. The van der Waals surface area contributed by atoms with Gasteiger partial charge in [-0.15, -0.1) is 0 Å². The van der Waals surface area contributed by atoms with E-state index in [2.05, 4.69) is 17.0 Å². The number of likely N-dealkylation sites (tertiary alicyclic amines) is 1. The Morgan fingerprint density at radius 2 is 2.14 bits per heavy atom. The van der Waals surface area contributed by atoms with Gasteiger partial charge in [-0.2, -0.15) is 5.10 Å². The molecule has 2 N–H and O–H groups in total. The van der Waals surface area contributed by atoms with E-state index in [4.69, 9.17) is 5.73 Å². The second-order valence-electron chi connectivity index (χ2n) is 5.81. The predicted octanol–water partition coefficient (Wildman–Crippen LogP) is 1.47. The molecule has 1 aromatic heterocycles. The summed E-state index contributed by atoms with van der Waals surface area (Å²) >= 11 is 0. The molecule has 1 aliphatic rings. The first-order chi connectivity index (χ1) is 10.7. The van der Waals surface area contributed by atoms with Crippen LogP contribution >= 0.6 is 0 Å². The fraction of sp³-hybridized carbons (Fsp3) is 0.438. The second kappa shape index (κ2) is 6.27. The number of carbonyl (C=O) groups excluding carboxylic acids is 1. The summed E-state index contributed by atoms with van der Waals surface area (Å²) in [7, 11) is 0. The standard InChI is InChI=1S/C16H21N5O/c1-12-3-2-8-20(15(12)9-17)16(22)13-4-6-14(7-5-13)21-11-18-10-19-21/h4-7,10-12,15H,2-3,8-9,17H2,1H3/t12-,15-/m1/s1. The van der Waals surface area contributed by atoms with Gasteiger partial charge in [-0.1, -0.05) is 6.92 Å². The molecule has 0 unspecified atom stereocenters. The third-order valence-electron chi connectivity index (χ3n) is 4.42. The number of nitrogens with zero attached hydrogens (tertiary/aromatic N) is 4. The summed E-state index contributed by atoms with van der Waals surface area (Å²) < 4.78 is 1.67. The summed E-state index contributed by atoms with van der Waals surface area (Å²) in [4.78, 5) is 18.6. The maximum Gasteiger partial charge on any atom is 0.254 e. The summed E-state index contributed by atoms with van der Waals surface area (Å²) in [5, 5.41) is 4.08. The van der Waals surface area contributed by atoms with Crippen LogP contribution in [0, 0.1) is 5.92 Å². The number of aromatic nitrogens is 3. The summed E-state index contributed by atoms with van der Waals surface area (Å²) in [5.74, 6) is 0.518. The minimum Gasteiger partial charge on any atom is -0.334 e. The first-order valence-electron chi connectivity index (χ1n) is 7.67. The highest BCUT2D eigenvalue weighted by Crippen LogP contribution is 2.24. The third kappa shape index (κ3) is 2.74. The van der Waals surface area contributed by atoms with Crippen molar-refractivity contribution < 1.29 is 4.79 Å². The number of nitrogens with two attached hydrogens (primary N) is 1. The van der Waals surface area contributed by atoms with Crippen molar-refractivity contribution in [3.8, 4) is 5.69 Å². The molecule has 0 radical (unpaired) electrons. The van der Waals surface area contributed by atoms with Crippen molar-refractivity contribution in [3.63, 3.8) is 0 Å². The third-order valence-corrected chi connectivity index (χ3v) is 4.42. The van der Waals surface area contributed by atoms with Gasteiger partial charge in [0.15, 0.2) is 0 Å². The molecule has 1 aliphatic heterocycles. The predicted molar refractivity (Wildman–Crippen MR) is 83.6 cm³/mol. The van der Waals surface area contributed by atoms with Gasteiger partial charge >= 0.3 is 0 Å². The van der Waals surface area contributed by atoms with Gasteiger partial charge in [0.25, 0.3) is 5.91 Å². The van der Waals surface area contributed by atoms with Crippen LogP contribution < -0.4 is 5.73 Å². The zero-order chi connectivity index (χ0) is 15.5. The Hall–Kier alpha value is -2.21. The van der Waals surface area contributed by atoms with Crippen molar-refractivity contribution >= 4 is 5.91 Å². The van der Waals surface area contributed by atoms with E-state index in [0.29, 0.717) is 18.0 Å². The van der Waals surface area contributed by atoms with Crippen LogP contribution in [0.5, 0.6) is 0 Å². The van der Waals surface area contributed by atoms with Crippen molar-refractivity contribution in [2.45, 2.75) is 25.8 Å². The Balaban J connectivity index is 1.79. The van der Waals surface area contributed by atoms with Gasteiger partial charge < -0.3 is 10.6 Å². The first kappa shape index (κ1) is 14.7. The summed E-state index contributed by atoms with van der Waals surface area (Å²) in [6.07, 6.45) is 5.30. The quantitative estimate of drug-likeness (QED) is 0.931. The Labute approximate surface area is 129 Å². The Kier molecular flexibility index (Phi) is 4.20. The number of amides is 1. The van der Waals surface area contributed by atoms with Gasteiger partial charge in [0, 0.05) is 24.7 Å². The van der Waals surface area contributed by atoms with Gasteiger partial charge in [0.05, 0.1) is 5.69 Å². The zero-order valence-corrected chi connectivity index (χ0v) is 12.7. The van der Waals surface area contributed by atoms with Gasteiger partial charge in [0.2, 0.25) is 0 Å².